The highest BCUT2D eigenvalue weighted by Crippen LogP contribution is 2.20. The predicted molar refractivity (Wildman–Crippen MR) is 119 cm³/mol. The predicted octanol–water partition coefficient (Wildman–Crippen LogP) is 2.79. The lowest BCUT2D eigenvalue weighted by Crippen LogP contribution is -2.45. The number of pyridine rings is 2. The van der Waals surface area contributed by atoms with Crippen molar-refractivity contribution in [2.24, 2.45) is 0 Å². The molecule has 0 bridgehead atoms. The Labute approximate surface area is 175 Å². The summed E-state index contributed by atoms with van der Waals surface area (Å²) in [5.41, 5.74) is 2.23. The maximum absolute atomic E-state index is 12.3. The molecule has 0 N–H and O–H groups in total. The minimum absolute atomic E-state index is 0.140. The summed E-state index contributed by atoms with van der Waals surface area (Å²) >= 11 is 0. The normalized spacial score (nSPS) is 15.5. The van der Waals surface area contributed by atoms with Crippen LogP contribution in [0.1, 0.15) is 11.4 Å². The average Bonchev–Trinajstić information content (AvgIpc) is 3.20. The number of likely N-dealkylation sites (N-methyl/N-ethyl adjacent to an activating group) is 1. The average molecular weight is 403 g/mol. The van der Waals surface area contributed by atoms with Gasteiger partial charge in [-0.3, -0.25) is 14.2 Å². The topological polar surface area (TPSA) is 63.0 Å². The van der Waals surface area contributed by atoms with E-state index in [-0.39, 0.29) is 5.78 Å². The van der Waals surface area contributed by atoms with Crippen LogP contribution in [0.4, 0.5) is 5.82 Å². The molecule has 0 spiro atoms. The van der Waals surface area contributed by atoms with E-state index < -0.39 is 0 Å². The van der Waals surface area contributed by atoms with E-state index in [4.69, 9.17) is 4.74 Å². The van der Waals surface area contributed by atoms with Crippen LogP contribution in [0.2, 0.25) is 0 Å². The van der Waals surface area contributed by atoms with Crippen LogP contribution in [-0.2, 0) is 4.79 Å². The molecular weight excluding hydrogens is 378 g/mol. The lowest BCUT2D eigenvalue weighted by molar-refractivity contribution is -0.110. The number of ether oxygens (including phenoxy) is 1. The Balaban J connectivity index is 1.50. The van der Waals surface area contributed by atoms with Crippen molar-refractivity contribution in [3.63, 3.8) is 0 Å². The molecule has 3 aromatic heterocycles. The molecule has 0 radical (unpaired) electrons. The summed E-state index contributed by atoms with van der Waals surface area (Å²) in [6, 6.07) is 9.71. The van der Waals surface area contributed by atoms with Crippen molar-refractivity contribution in [2.75, 3.05) is 45.2 Å². The van der Waals surface area contributed by atoms with E-state index in [0.29, 0.717) is 11.4 Å². The molecule has 0 aromatic carbocycles. The highest BCUT2D eigenvalue weighted by atomic mass is 16.5. The lowest BCUT2D eigenvalue weighted by atomic mass is 10.2. The van der Waals surface area contributed by atoms with Gasteiger partial charge in [0.25, 0.3) is 0 Å². The third-order valence-electron chi connectivity index (χ3n) is 5.16. The van der Waals surface area contributed by atoms with Crippen molar-refractivity contribution in [3.8, 4) is 5.75 Å². The summed E-state index contributed by atoms with van der Waals surface area (Å²) in [5, 5.41) is 0. The summed E-state index contributed by atoms with van der Waals surface area (Å²) in [6.07, 6.45) is 10.0. The number of imidazole rings is 1. The molecule has 7 nitrogen and oxygen atoms in total. The van der Waals surface area contributed by atoms with Gasteiger partial charge in [0.05, 0.1) is 12.8 Å². The number of carbonyl (C=O) groups is 1. The SMILES string of the molecule is COc1cccnc1/C=C/C(=O)/C=C/c1cn2c(N3CCN(C)CC3)cccc2n1. The van der Waals surface area contributed by atoms with Gasteiger partial charge in [0, 0.05) is 38.6 Å². The molecule has 0 atom stereocenters. The molecule has 4 rings (SSSR count). The Bertz CT molecular complexity index is 1090. The summed E-state index contributed by atoms with van der Waals surface area (Å²) in [6.45, 7) is 4.05. The molecule has 7 heteroatoms. The fraction of sp³-hybridized carbons (Fsp3) is 0.261. The number of aromatic nitrogens is 3. The third-order valence-corrected chi connectivity index (χ3v) is 5.16. The van der Waals surface area contributed by atoms with Crippen molar-refractivity contribution in [1.82, 2.24) is 19.3 Å². The second-order valence-electron chi connectivity index (χ2n) is 7.23. The van der Waals surface area contributed by atoms with E-state index in [1.54, 1.807) is 31.5 Å². The number of rotatable bonds is 6. The first-order chi connectivity index (χ1) is 14.6. The molecule has 0 unspecified atom stereocenters. The van der Waals surface area contributed by atoms with E-state index in [9.17, 15) is 4.79 Å². The Kier molecular flexibility index (Phi) is 5.90. The van der Waals surface area contributed by atoms with E-state index in [2.05, 4.69) is 37.3 Å². The molecule has 154 valence electrons. The zero-order chi connectivity index (χ0) is 20.9. The van der Waals surface area contributed by atoms with Gasteiger partial charge in [-0.25, -0.2) is 4.98 Å². The number of ketones is 1. The molecular formula is C23H25N5O2. The number of anilines is 1. The number of allylic oxidation sites excluding steroid dienone is 2. The maximum Gasteiger partial charge on any atom is 0.178 e. The van der Waals surface area contributed by atoms with E-state index >= 15 is 0 Å². The molecule has 0 aliphatic carbocycles. The van der Waals surface area contributed by atoms with Crippen LogP contribution >= 0.6 is 0 Å². The van der Waals surface area contributed by atoms with Gasteiger partial charge < -0.3 is 14.5 Å². The Morgan fingerprint density at radius 2 is 1.87 bits per heavy atom. The largest absolute Gasteiger partial charge is 0.494 e. The number of nitrogens with zero attached hydrogens (tertiary/aromatic N) is 5. The summed E-state index contributed by atoms with van der Waals surface area (Å²) in [5.74, 6) is 1.61. The zero-order valence-corrected chi connectivity index (χ0v) is 17.2. The van der Waals surface area contributed by atoms with Gasteiger partial charge in [-0.2, -0.15) is 0 Å². The van der Waals surface area contributed by atoms with Crippen molar-refractivity contribution in [3.05, 3.63) is 66.3 Å². The van der Waals surface area contributed by atoms with Crippen LogP contribution in [0, 0.1) is 0 Å². The fourth-order valence-corrected chi connectivity index (χ4v) is 3.47. The molecule has 4 heterocycles. The molecule has 0 saturated carbocycles. The number of hydrogen-bond acceptors (Lipinski definition) is 6. The number of methoxy groups -OCH3 is 1. The van der Waals surface area contributed by atoms with E-state index in [1.165, 1.54) is 12.2 Å². The molecule has 1 aliphatic rings. The number of hydrogen-bond donors (Lipinski definition) is 0. The Morgan fingerprint density at radius 1 is 1.07 bits per heavy atom. The van der Waals surface area contributed by atoms with Gasteiger partial charge in [-0.1, -0.05) is 6.07 Å². The van der Waals surface area contributed by atoms with Gasteiger partial charge in [-0.05, 0) is 55.6 Å². The fourth-order valence-electron chi connectivity index (χ4n) is 3.47. The van der Waals surface area contributed by atoms with E-state index in [0.717, 1.165) is 43.3 Å². The first-order valence-electron chi connectivity index (χ1n) is 9.95. The quantitative estimate of drug-likeness (QED) is 0.590. The molecule has 30 heavy (non-hydrogen) atoms. The van der Waals surface area contributed by atoms with Crippen LogP contribution in [-0.4, -0.2) is 65.4 Å². The van der Waals surface area contributed by atoms with Crippen molar-refractivity contribution in [2.45, 2.75) is 0 Å². The first kappa shape index (κ1) is 19.8. The van der Waals surface area contributed by atoms with Crippen LogP contribution in [0.5, 0.6) is 5.75 Å². The highest BCUT2D eigenvalue weighted by molar-refractivity contribution is 6.04. The van der Waals surface area contributed by atoms with Gasteiger partial charge in [-0.15, -0.1) is 0 Å². The zero-order valence-electron chi connectivity index (χ0n) is 17.2. The lowest BCUT2D eigenvalue weighted by Gasteiger charge is -2.34. The van der Waals surface area contributed by atoms with Gasteiger partial charge >= 0.3 is 0 Å². The van der Waals surface area contributed by atoms with Crippen LogP contribution in [0.3, 0.4) is 0 Å². The van der Waals surface area contributed by atoms with Crippen molar-refractivity contribution < 1.29 is 9.53 Å². The van der Waals surface area contributed by atoms with Gasteiger partial charge in [0.15, 0.2) is 5.78 Å². The van der Waals surface area contributed by atoms with Crippen molar-refractivity contribution >= 4 is 29.4 Å². The summed E-state index contributed by atoms with van der Waals surface area (Å²) in [7, 11) is 3.73. The van der Waals surface area contributed by atoms with Gasteiger partial charge in [0.1, 0.15) is 22.9 Å². The number of fused-ring (bicyclic) bond motifs is 1. The van der Waals surface area contributed by atoms with Crippen LogP contribution < -0.4 is 9.64 Å². The second-order valence-corrected chi connectivity index (χ2v) is 7.23. The number of piperazine rings is 1. The standard InChI is InChI=1S/C23H25N5O2/c1-26-13-15-27(16-14-26)23-7-3-6-22-25-18(17-28(22)23)8-9-19(29)10-11-20-21(30-2)5-4-12-24-20/h3-12,17H,13-16H2,1-2H3/b9-8+,11-10+. The van der Waals surface area contributed by atoms with E-state index in [1.807, 2.05) is 24.4 Å². The second kappa shape index (κ2) is 8.92. The molecule has 1 fully saturated rings. The molecule has 0 amide bonds. The Morgan fingerprint density at radius 3 is 2.67 bits per heavy atom. The third kappa shape index (κ3) is 4.41. The number of carbonyl (C=O) groups excluding carboxylic acids is 1. The highest BCUT2D eigenvalue weighted by Gasteiger charge is 2.16. The van der Waals surface area contributed by atoms with Crippen LogP contribution in [0.15, 0.2) is 54.9 Å². The molecule has 1 aliphatic heterocycles. The monoisotopic (exact) mass is 403 g/mol. The molecule has 3 aromatic rings. The molecule has 1 saturated heterocycles. The minimum atomic E-state index is -0.140. The first-order valence-corrected chi connectivity index (χ1v) is 9.95. The maximum atomic E-state index is 12.3. The summed E-state index contributed by atoms with van der Waals surface area (Å²) in [4.78, 5) is 25.8. The van der Waals surface area contributed by atoms with Crippen molar-refractivity contribution in [1.29, 1.82) is 0 Å². The Hall–Kier alpha value is -3.45. The van der Waals surface area contributed by atoms with Gasteiger partial charge in [0.2, 0.25) is 0 Å². The summed E-state index contributed by atoms with van der Waals surface area (Å²) < 4.78 is 7.33. The van der Waals surface area contributed by atoms with Crippen LogP contribution in [0.25, 0.3) is 17.8 Å². The smallest absolute Gasteiger partial charge is 0.178 e. The minimum Gasteiger partial charge on any atom is -0.494 e.